The zero-order chi connectivity index (χ0) is 26.1. The van der Waals surface area contributed by atoms with Crippen molar-refractivity contribution in [2.24, 2.45) is 4.99 Å². The lowest BCUT2D eigenvalue weighted by molar-refractivity contribution is 0.162. The average molecular weight is 520 g/mol. The van der Waals surface area contributed by atoms with Gasteiger partial charge in [0, 0.05) is 35.0 Å². The molecule has 0 unspecified atom stereocenters. The van der Waals surface area contributed by atoms with E-state index in [2.05, 4.69) is 65.6 Å². The molecule has 1 saturated carbocycles. The van der Waals surface area contributed by atoms with Crippen molar-refractivity contribution in [3.05, 3.63) is 56.6 Å². The zero-order valence-electron chi connectivity index (χ0n) is 22.1. The molecular formula is C29H40Cl2N2O2. The molecule has 1 aliphatic carbocycles. The Balaban J connectivity index is 1.90. The van der Waals surface area contributed by atoms with Gasteiger partial charge < -0.3 is 10.2 Å². The van der Waals surface area contributed by atoms with E-state index in [0.717, 1.165) is 36.8 Å². The maximum atomic E-state index is 11.3. The molecule has 2 aromatic carbocycles. The average Bonchev–Trinajstić information content (AvgIpc) is 2.75. The molecule has 1 fully saturated rings. The minimum absolute atomic E-state index is 0.000780. The van der Waals surface area contributed by atoms with E-state index in [-0.39, 0.29) is 33.7 Å². The van der Waals surface area contributed by atoms with Crippen molar-refractivity contribution >= 4 is 29.4 Å². The van der Waals surface area contributed by atoms with Crippen molar-refractivity contribution in [2.45, 2.75) is 96.7 Å². The molecule has 0 saturated heterocycles. The van der Waals surface area contributed by atoms with Gasteiger partial charge in [0.25, 0.3) is 0 Å². The normalized spacial score (nSPS) is 19.6. The number of aliphatic imine (C=N–C) groups is 1. The van der Waals surface area contributed by atoms with Crippen LogP contribution in [0.3, 0.4) is 0 Å². The number of likely N-dealkylation sites (N-methyl/N-ethyl adjacent to an activating group) is 1. The first-order valence-electron chi connectivity index (χ1n) is 12.5. The minimum Gasteiger partial charge on any atom is -0.507 e. The highest BCUT2D eigenvalue weighted by Crippen LogP contribution is 2.39. The lowest BCUT2D eigenvalue weighted by Crippen LogP contribution is -2.42. The Morgan fingerprint density at radius 2 is 1.60 bits per heavy atom. The number of benzene rings is 2. The van der Waals surface area contributed by atoms with Gasteiger partial charge >= 0.3 is 0 Å². The van der Waals surface area contributed by atoms with E-state index in [1.54, 1.807) is 12.3 Å². The van der Waals surface area contributed by atoms with Crippen LogP contribution in [0.15, 0.2) is 29.3 Å². The largest absolute Gasteiger partial charge is 0.507 e. The predicted molar refractivity (Wildman–Crippen MR) is 149 cm³/mol. The number of rotatable bonds is 5. The van der Waals surface area contributed by atoms with Crippen molar-refractivity contribution in [1.82, 2.24) is 4.90 Å². The van der Waals surface area contributed by atoms with E-state index in [4.69, 9.17) is 28.2 Å². The smallest absolute Gasteiger partial charge is 0.143 e. The topological polar surface area (TPSA) is 56.1 Å². The van der Waals surface area contributed by atoms with Crippen LogP contribution in [-0.4, -0.2) is 40.5 Å². The summed E-state index contributed by atoms with van der Waals surface area (Å²) >= 11 is 12.2. The van der Waals surface area contributed by atoms with Gasteiger partial charge in [0.1, 0.15) is 11.5 Å². The lowest BCUT2D eigenvalue weighted by Gasteiger charge is -2.37. The molecule has 0 bridgehead atoms. The molecule has 2 N–H and O–H groups in total. The van der Waals surface area contributed by atoms with Crippen LogP contribution in [0.5, 0.6) is 11.5 Å². The molecular weight excluding hydrogens is 479 g/mol. The summed E-state index contributed by atoms with van der Waals surface area (Å²) in [4.78, 5) is 7.19. The first-order valence-corrected chi connectivity index (χ1v) is 13.2. The van der Waals surface area contributed by atoms with Gasteiger partial charge in [0.2, 0.25) is 0 Å². The second-order valence-electron chi connectivity index (χ2n) is 12.0. The molecule has 35 heavy (non-hydrogen) atoms. The van der Waals surface area contributed by atoms with Crippen molar-refractivity contribution in [1.29, 1.82) is 0 Å². The molecule has 0 radical (unpaired) electrons. The molecule has 6 heteroatoms. The Labute approximate surface area is 221 Å². The Kier molecular flexibility index (Phi) is 8.51. The Morgan fingerprint density at radius 1 is 0.943 bits per heavy atom. The van der Waals surface area contributed by atoms with Crippen LogP contribution in [-0.2, 0) is 17.4 Å². The number of nitrogens with zero attached hydrogens (tertiary/aromatic N) is 2. The van der Waals surface area contributed by atoms with Crippen molar-refractivity contribution in [3.63, 3.8) is 0 Å². The maximum Gasteiger partial charge on any atom is 0.143 e. The highest BCUT2D eigenvalue weighted by atomic mass is 35.5. The van der Waals surface area contributed by atoms with E-state index in [9.17, 15) is 10.2 Å². The van der Waals surface area contributed by atoms with Crippen LogP contribution in [0.25, 0.3) is 0 Å². The number of hydrogen-bond donors (Lipinski definition) is 2. The van der Waals surface area contributed by atoms with Crippen LogP contribution in [0.2, 0.25) is 10.0 Å². The predicted octanol–water partition coefficient (Wildman–Crippen LogP) is 7.86. The van der Waals surface area contributed by atoms with Crippen molar-refractivity contribution < 1.29 is 10.2 Å². The molecule has 192 valence electrons. The third kappa shape index (κ3) is 6.72. The van der Waals surface area contributed by atoms with Crippen molar-refractivity contribution in [2.75, 3.05) is 7.05 Å². The summed E-state index contributed by atoms with van der Waals surface area (Å²) in [6, 6.07) is 7.84. The number of halogens is 2. The lowest BCUT2D eigenvalue weighted by atomic mass is 9.78. The summed E-state index contributed by atoms with van der Waals surface area (Å²) in [5.74, 6) is 0.394. The first kappa shape index (κ1) is 27.8. The fraction of sp³-hybridized carbons (Fsp3) is 0.552. The summed E-state index contributed by atoms with van der Waals surface area (Å²) in [7, 11) is 2.12. The number of hydrogen-bond acceptors (Lipinski definition) is 4. The Hall–Kier alpha value is -1.75. The van der Waals surface area contributed by atoms with Crippen LogP contribution < -0.4 is 0 Å². The summed E-state index contributed by atoms with van der Waals surface area (Å²) < 4.78 is 0. The molecule has 0 spiro atoms. The Bertz CT molecular complexity index is 1080. The maximum absolute atomic E-state index is 11.3. The van der Waals surface area contributed by atoms with Gasteiger partial charge in [-0.05, 0) is 54.0 Å². The second-order valence-corrected chi connectivity index (χ2v) is 12.8. The molecule has 0 amide bonds. The van der Waals surface area contributed by atoms with Gasteiger partial charge in [-0.25, -0.2) is 0 Å². The highest BCUT2D eigenvalue weighted by molar-refractivity contribution is 6.36. The molecule has 1 aliphatic rings. The molecule has 0 aromatic heterocycles. The Morgan fingerprint density at radius 3 is 2.23 bits per heavy atom. The van der Waals surface area contributed by atoms with Gasteiger partial charge in [-0.1, -0.05) is 89.7 Å². The standard InChI is InChI=1S/C29H40Cl2N2O2/c1-28(2,3)20-12-19(26(34)22(14-20)29(4,5)6)17-33(7)25-11-9-8-10-24(25)32-16-18-13-21(30)15-23(31)27(18)35/h12-16,24-25,34-35H,8-11,17H2,1-7H3/t24-,25-/m0/s1. The number of phenols is 2. The molecule has 3 rings (SSSR count). The van der Waals surface area contributed by atoms with E-state index >= 15 is 0 Å². The van der Waals surface area contributed by atoms with Gasteiger partial charge in [-0.3, -0.25) is 9.89 Å². The van der Waals surface area contributed by atoms with E-state index in [1.807, 2.05) is 0 Å². The van der Waals surface area contributed by atoms with Crippen LogP contribution in [0.1, 0.15) is 89.5 Å². The van der Waals surface area contributed by atoms with Crippen LogP contribution in [0, 0.1) is 0 Å². The van der Waals surface area contributed by atoms with Crippen LogP contribution in [0.4, 0.5) is 0 Å². The van der Waals surface area contributed by atoms with Gasteiger partial charge in [0.05, 0.1) is 11.1 Å². The molecule has 0 aliphatic heterocycles. The monoisotopic (exact) mass is 518 g/mol. The molecule has 0 heterocycles. The second kappa shape index (κ2) is 10.7. The zero-order valence-corrected chi connectivity index (χ0v) is 23.6. The fourth-order valence-electron chi connectivity index (χ4n) is 4.85. The number of phenolic OH excluding ortho intramolecular Hbond substituents is 2. The van der Waals surface area contributed by atoms with Crippen LogP contribution >= 0.6 is 23.2 Å². The van der Waals surface area contributed by atoms with Gasteiger partial charge in [-0.2, -0.15) is 0 Å². The highest BCUT2D eigenvalue weighted by Gasteiger charge is 2.30. The number of aromatic hydroxyl groups is 2. The third-order valence-corrected chi connectivity index (χ3v) is 7.51. The van der Waals surface area contributed by atoms with E-state index in [1.165, 1.54) is 11.6 Å². The van der Waals surface area contributed by atoms with Gasteiger partial charge in [-0.15, -0.1) is 0 Å². The van der Waals surface area contributed by atoms with Gasteiger partial charge in [0.15, 0.2) is 0 Å². The third-order valence-electron chi connectivity index (χ3n) is 7.01. The first-order chi connectivity index (χ1) is 16.2. The summed E-state index contributed by atoms with van der Waals surface area (Å²) in [5, 5.41) is 22.3. The van der Waals surface area contributed by atoms with Crippen molar-refractivity contribution in [3.8, 4) is 11.5 Å². The summed E-state index contributed by atoms with van der Waals surface area (Å²) in [5.41, 5.74) is 3.53. The quantitative estimate of drug-likeness (QED) is 0.396. The van der Waals surface area contributed by atoms with E-state index < -0.39 is 0 Å². The van der Waals surface area contributed by atoms with E-state index in [0.29, 0.717) is 22.9 Å². The molecule has 4 nitrogen and oxygen atoms in total. The molecule has 2 atom stereocenters. The fourth-order valence-corrected chi connectivity index (χ4v) is 5.36. The minimum atomic E-state index is -0.156. The summed E-state index contributed by atoms with van der Waals surface area (Å²) in [6.45, 7) is 13.7. The SMILES string of the molecule is CN(Cc1cc(C(C)(C)C)cc(C(C)(C)C)c1O)[C@H]1CCCC[C@@H]1N=Cc1cc(Cl)cc(Cl)c1O. The molecule has 2 aromatic rings. The summed E-state index contributed by atoms with van der Waals surface area (Å²) in [6.07, 6.45) is 5.97.